The zero-order valence-electron chi connectivity index (χ0n) is 16.0. The van der Waals surface area contributed by atoms with Gasteiger partial charge in [-0.05, 0) is 31.0 Å². The van der Waals surface area contributed by atoms with Crippen molar-refractivity contribution < 1.29 is 19.4 Å². The lowest BCUT2D eigenvalue weighted by Gasteiger charge is -2.26. The van der Waals surface area contributed by atoms with Gasteiger partial charge in [0.2, 0.25) is 0 Å². The molecule has 7 heteroatoms. The summed E-state index contributed by atoms with van der Waals surface area (Å²) in [6.45, 7) is 4.99. The maximum Gasteiger partial charge on any atom is 0.359 e. The molecule has 1 aliphatic rings. The minimum Gasteiger partial charge on any atom is -0.497 e. The highest BCUT2D eigenvalue weighted by Gasteiger charge is 2.28. The average molecular weight is 373 g/mol. The Morgan fingerprint density at radius 1 is 1.26 bits per heavy atom. The van der Waals surface area contributed by atoms with Crippen LogP contribution in [-0.4, -0.2) is 59.2 Å². The fourth-order valence-corrected chi connectivity index (χ4v) is 3.45. The fourth-order valence-electron chi connectivity index (χ4n) is 3.45. The van der Waals surface area contributed by atoms with Crippen molar-refractivity contribution in [3.8, 4) is 5.75 Å². The third-order valence-corrected chi connectivity index (χ3v) is 4.87. The summed E-state index contributed by atoms with van der Waals surface area (Å²) in [5.41, 5.74) is 3.63. The van der Waals surface area contributed by atoms with Crippen LogP contribution in [0.5, 0.6) is 5.75 Å². The number of nitrogens with zero attached hydrogens (tertiary/aromatic N) is 3. The molecule has 0 aliphatic carbocycles. The second-order valence-corrected chi connectivity index (χ2v) is 6.57. The van der Waals surface area contributed by atoms with E-state index in [1.54, 1.807) is 14.0 Å². The van der Waals surface area contributed by atoms with Crippen LogP contribution in [0.3, 0.4) is 0 Å². The summed E-state index contributed by atoms with van der Waals surface area (Å²) in [5, 5.41) is 13.8. The van der Waals surface area contributed by atoms with Gasteiger partial charge in [-0.15, -0.1) is 0 Å². The number of hydrogen-bond acceptors (Lipinski definition) is 6. The zero-order valence-corrected chi connectivity index (χ0v) is 16.0. The number of aliphatic hydroxyl groups is 1. The van der Waals surface area contributed by atoms with E-state index in [2.05, 4.69) is 10.00 Å². The van der Waals surface area contributed by atoms with Crippen LogP contribution in [0.2, 0.25) is 0 Å². The number of carbonyl (C=O) groups excluding carboxylic acids is 1. The molecule has 0 fully saturated rings. The average Bonchev–Trinajstić information content (AvgIpc) is 3.05. The molecule has 0 bridgehead atoms. The molecule has 0 saturated carbocycles. The highest BCUT2D eigenvalue weighted by Crippen LogP contribution is 2.24. The minimum atomic E-state index is -0.372. The molecule has 27 heavy (non-hydrogen) atoms. The number of hydrogen-bond donors (Lipinski definition) is 1. The van der Waals surface area contributed by atoms with E-state index in [1.807, 2.05) is 28.9 Å². The van der Waals surface area contributed by atoms with E-state index in [0.717, 1.165) is 36.4 Å². The summed E-state index contributed by atoms with van der Waals surface area (Å²) in [4.78, 5) is 14.5. The predicted octanol–water partition coefficient (Wildman–Crippen LogP) is 1.66. The van der Waals surface area contributed by atoms with Crippen LogP contribution < -0.4 is 4.74 Å². The first-order valence-corrected chi connectivity index (χ1v) is 9.38. The van der Waals surface area contributed by atoms with Gasteiger partial charge in [-0.3, -0.25) is 9.58 Å². The van der Waals surface area contributed by atoms with Crippen molar-refractivity contribution in [1.29, 1.82) is 0 Å². The van der Waals surface area contributed by atoms with Crippen LogP contribution in [0.25, 0.3) is 0 Å². The molecule has 0 unspecified atom stereocenters. The summed E-state index contributed by atoms with van der Waals surface area (Å²) in [7, 11) is 1.65. The van der Waals surface area contributed by atoms with Gasteiger partial charge in [0.05, 0.1) is 20.3 Å². The number of rotatable bonds is 8. The first kappa shape index (κ1) is 19.4. The molecule has 0 atom stereocenters. The molecular formula is C20H27N3O4. The van der Waals surface area contributed by atoms with Crippen LogP contribution in [-0.2, 0) is 30.7 Å². The van der Waals surface area contributed by atoms with Gasteiger partial charge >= 0.3 is 5.97 Å². The van der Waals surface area contributed by atoms with Gasteiger partial charge < -0.3 is 14.6 Å². The molecule has 146 valence electrons. The molecule has 2 heterocycles. The van der Waals surface area contributed by atoms with E-state index < -0.39 is 0 Å². The number of fused-ring (bicyclic) bond motifs is 1. The number of esters is 1. The van der Waals surface area contributed by atoms with Crippen LogP contribution in [0.1, 0.15) is 34.2 Å². The Hall–Kier alpha value is -2.38. The number of aryl methyl sites for hydroxylation is 2. The second-order valence-electron chi connectivity index (χ2n) is 6.57. The highest BCUT2D eigenvalue weighted by atomic mass is 16.5. The second kappa shape index (κ2) is 9.01. The van der Waals surface area contributed by atoms with Gasteiger partial charge in [-0.2, -0.15) is 5.10 Å². The lowest BCUT2D eigenvalue weighted by molar-refractivity contribution is 0.0515. The first-order valence-electron chi connectivity index (χ1n) is 9.38. The molecule has 0 amide bonds. The van der Waals surface area contributed by atoms with Crippen LogP contribution >= 0.6 is 0 Å². The SMILES string of the molecule is CCOC(=O)c1nn(CCc2ccc(OC)cc2)c2c1CN(CCO)CC2. The molecule has 1 N–H and O–H groups in total. The van der Waals surface area contributed by atoms with E-state index in [9.17, 15) is 9.90 Å². The molecular weight excluding hydrogens is 346 g/mol. The lowest BCUT2D eigenvalue weighted by atomic mass is 10.0. The molecule has 1 aromatic heterocycles. The van der Waals surface area contributed by atoms with Crippen molar-refractivity contribution >= 4 is 5.97 Å². The lowest BCUT2D eigenvalue weighted by Crippen LogP contribution is -2.33. The highest BCUT2D eigenvalue weighted by molar-refractivity contribution is 5.89. The van der Waals surface area contributed by atoms with E-state index in [1.165, 1.54) is 5.56 Å². The van der Waals surface area contributed by atoms with E-state index in [-0.39, 0.29) is 12.6 Å². The molecule has 7 nitrogen and oxygen atoms in total. The maximum absolute atomic E-state index is 12.4. The Morgan fingerprint density at radius 2 is 2.04 bits per heavy atom. The Kier molecular flexibility index (Phi) is 6.47. The molecule has 3 rings (SSSR count). The van der Waals surface area contributed by atoms with Crippen molar-refractivity contribution in [2.45, 2.75) is 32.9 Å². The Bertz CT molecular complexity index is 770. The van der Waals surface area contributed by atoms with Crippen LogP contribution in [0.15, 0.2) is 24.3 Å². The number of ether oxygens (including phenoxy) is 2. The Labute approximate surface area is 159 Å². The summed E-state index contributed by atoms with van der Waals surface area (Å²) >= 11 is 0. The number of carbonyl (C=O) groups is 1. The number of aromatic nitrogens is 2. The predicted molar refractivity (Wildman–Crippen MR) is 101 cm³/mol. The monoisotopic (exact) mass is 373 g/mol. The van der Waals surface area contributed by atoms with Gasteiger partial charge in [0.25, 0.3) is 0 Å². The fraction of sp³-hybridized carbons (Fsp3) is 0.500. The van der Waals surface area contributed by atoms with Crippen LogP contribution in [0.4, 0.5) is 0 Å². The molecule has 0 spiro atoms. The number of β-amino-alcohol motifs (C(OH)–C–C–N with tert-alkyl or cyclic N) is 1. The zero-order chi connectivity index (χ0) is 19.2. The summed E-state index contributed by atoms with van der Waals surface area (Å²) in [6, 6.07) is 7.99. The van der Waals surface area contributed by atoms with Gasteiger partial charge in [0, 0.05) is 43.9 Å². The molecule has 1 aliphatic heterocycles. The molecule has 1 aromatic carbocycles. The number of aliphatic hydroxyl groups excluding tert-OH is 1. The number of methoxy groups -OCH3 is 1. The standard InChI is InChI=1S/C20H27N3O4/c1-3-27-20(25)19-17-14-22(12-13-24)10-9-18(17)23(21-19)11-8-15-4-6-16(26-2)7-5-15/h4-7,24H,3,8-14H2,1-2H3. The topological polar surface area (TPSA) is 76.8 Å². The molecule has 2 aromatic rings. The third kappa shape index (κ3) is 4.48. The normalized spacial score (nSPS) is 14.0. The van der Waals surface area contributed by atoms with Gasteiger partial charge in [0.1, 0.15) is 5.75 Å². The van der Waals surface area contributed by atoms with Crippen molar-refractivity contribution in [3.05, 3.63) is 46.8 Å². The largest absolute Gasteiger partial charge is 0.497 e. The maximum atomic E-state index is 12.4. The van der Waals surface area contributed by atoms with E-state index >= 15 is 0 Å². The minimum absolute atomic E-state index is 0.107. The Balaban J connectivity index is 1.80. The third-order valence-electron chi connectivity index (χ3n) is 4.87. The van der Waals surface area contributed by atoms with Gasteiger partial charge in [0.15, 0.2) is 5.69 Å². The van der Waals surface area contributed by atoms with Crippen molar-refractivity contribution in [3.63, 3.8) is 0 Å². The summed E-state index contributed by atoms with van der Waals surface area (Å²) in [5.74, 6) is 0.464. The van der Waals surface area contributed by atoms with Crippen molar-refractivity contribution in [2.75, 3.05) is 33.4 Å². The van der Waals surface area contributed by atoms with Gasteiger partial charge in [-0.1, -0.05) is 12.1 Å². The number of benzene rings is 1. The van der Waals surface area contributed by atoms with Crippen molar-refractivity contribution in [1.82, 2.24) is 14.7 Å². The van der Waals surface area contributed by atoms with E-state index in [0.29, 0.717) is 31.9 Å². The first-order chi connectivity index (χ1) is 13.2. The van der Waals surface area contributed by atoms with Crippen LogP contribution in [0, 0.1) is 0 Å². The quantitative estimate of drug-likeness (QED) is 0.709. The van der Waals surface area contributed by atoms with E-state index in [4.69, 9.17) is 9.47 Å². The summed E-state index contributed by atoms with van der Waals surface area (Å²) in [6.07, 6.45) is 1.63. The molecule has 0 radical (unpaired) electrons. The summed E-state index contributed by atoms with van der Waals surface area (Å²) < 4.78 is 12.3. The van der Waals surface area contributed by atoms with Gasteiger partial charge in [-0.25, -0.2) is 4.79 Å². The smallest absolute Gasteiger partial charge is 0.359 e. The molecule has 0 saturated heterocycles. The van der Waals surface area contributed by atoms with Crippen molar-refractivity contribution in [2.24, 2.45) is 0 Å². The Morgan fingerprint density at radius 3 is 2.70 bits per heavy atom.